The molecule has 1 N–H and O–H groups in total. The molecule has 0 fully saturated rings. The molecule has 0 aliphatic carbocycles. The molecule has 8 heteroatoms. The normalized spacial score (nSPS) is 11.2. The number of benzene rings is 2. The van der Waals surface area contributed by atoms with Crippen LogP contribution in [0.1, 0.15) is 45.7 Å². The van der Waals surface area contributed by atoms with E-state index in [9.17, 15) is 14.9 Å². The molecule has 0 saturated heterocycles. The number of rotatable bonds is 12. The van der Waals surface area contributed by atoms with Crippen LogP contribution in [-0.2, 0) is 11.2 Å². The summed E-state index contributed by atoms with van der Waals surface area (Å²) in [7, 11) is 0. The number of ether oxygens (including phenoxy) is 1. The van der Waals surface area contributed by atoms with Crippen molar-refractivity contribution in [1.82, 2.24) is 5.43 Å². The lowest BCUT2D eigenvalue weighted by Gasteiger charge is -2.29. The fraction of sp³-hybridized carbons (Fsp3) is 0.440. The molecule has 8 nitrogen and oxygen atoms in total. The van der Waals surface area contributed by atoms with E-state index in [2.05, 4.69) is 50.0 Å². The van der Waals surface area contributed by atoms with Crippen LogP contribution in [0.15, 0.2) is 47.6 Å². The largest absolute Gasteiger partial charge is 0.484 e. The molecular formula is C25H34N4O4. The van der Waals surface area contributed by atoms with Gasteiger partial charge in [0.2, 0.25) is 0 Å². The first-order valence-electron chi connectivity index (χ1n) is 11.3. The maximum absolute atomic E-state index is 12.1. The molecule has 178 valence electrons. The van der Waals surface area contributed by atoms with Crippen LogP contribution in [0.2, 0.25) is 0 Å². The summed E-state index contributed by atoms with van der Waals surface area (Å²) in [4.78, 5) is 25.2. The maximum atomic E-state index is 12.1. The molecular weight excluding hydrogens is 420 g/mol. The average molecular weight is 455 g/mol. The van der Waals surface area contributed by atoms with E-state index in [1.54, 1.807) is 6.07 Å². The van der Waals surface area contributed by atoms with Crippen molar-refractivity contribution in [3.63, 3.8) is 0 Å². The molecule has 33 heavy (non-hydrogen) atoms. The smallest absolute Gasteiger partial charge is 0.277 e. The average Bonchev–Trinajstić information content (AvgIpc) is 2.76. The first-order chi connectivity index (χ1) is 15.7. The van der Waals surface area contributed by atoms with E-state index in [1.807, 2.05) is 24.3 Å². The second-order valence-electron chi connectivity index (χ2n) is 8.77. The lowest BCUT2D eigenvalue weighted by atomic mass is 10.1. The standard InChI is InChI=1S/C25H34N4O4/c1-6-20-7-10-23(11-8-20)33-17-25(30)27-26-14-21-13-22(29(31)32)9-12-24(21)28(15-18(2)3)16-19(4)5/h7-14,18-19H,6,15-17H2,1-5H3,(H,27,30). The summed E-state index contributed by atoms with van der Waals surface area (Å²) >= 11 is 0. The van der Waals surface area contributed by atoms with E-state index in [4.69, 9.17) is 4.74 Å². The zero-order valence-electron chi connectivity index (χ0n) is 20.1. The van der Waals surface area contributed by atoms with Crippen molar-refractivity contribution in [1.29, 1.82) is 0 Å². The topological polar surface area (TPSA) is 97.1 Å². The Hall–Kier alpha value is -3.42. The lowest BCUT2D eigenvalue weighted by Crippen LogP contribution is -2.32. The summed E-state index contributed by atoms with van der Waals surface area (Å²) in [6, 6.07) is 12.3. The molecule has 2 aromatic rings. The molecule has 2 aromatic carbocycles. The number of nitro groups is 1. The third-order valence-corrected chi connectivity index (χ3v) is 4.83. The van der Waals surface area contributed by atoms with E-state index in [1.165, 1.54) is 23.9 Å². The highest BCUT2D eigenvalue weighted by molar-refractivity contribution is 5.90. The van der Waals surface area contributed by atoms with Crippen molar-refractivity contribution in [2.45, 2.75) is 41.0 Å². The van der Waals surface area contributed by atoms with Gasteiger partial charge in [-0.2, -0.15) is 5.10 Å². The molecule has 0 aliphatic heterocycles. The second-order valence-corrected chi connectivity index (χ2v) is 8.77. The Morgan fingerprint density at radius 2 is 1.76 bits per heavy atom. The van der Waals surface area contributed by atoms with Crippen molar-refractivity contribution in [2.24, 2.45) is 16.9 Å². The van der Waals surface area contributed by atoms with Gasteiger partial charge in [0.05, 0.1) is 11.1 Å². The number of aryl methyl sites for hydroxylation is 1. The summed E-state index contributed by atoms with van der Waals surface area (Å²) in [6.07, 6.45) is 2.38. The van der Waals surface area contributed by atoms with Crippen molar-refractivity contribution >= 4 is 23.5 Å². The quantitative estimate of drug-likeness (QED) is 0.282. The first kappa shape index (κ1) is 25.8. The van der Waals surface area contributed by atoms with E-state index in [-0.39, 0.29) is 12.3 Å². The molecule has 0 heterocycles. The molecule has 0 spiro atoms. The fourth-order valence-corrected chi connectivity index (χ4v) is 3.38. The van der Waals surface area contributed by atoms with Crippen LogP contribution in [0.3, 0.4) is 0 Å². The molecule has 2 rings (SSSR count). The number of non-ortho nitro benzene ring substituents is 1. The van der Waals surface area contributed by atoms with Gasteiger partial charge in [0.15, 0.2) is 6.61 Å². The minimum absolute atomic E-state index is 0.0283. The van der Waals surface area contributed by atoms with Gasteiger partial charge in [-0.25, -0.2) is 5.43 Å². The summed E-state index contributed by atoms with van der Waals surface area (Å²) < 4.78 is 5.49. The van der Waals surface area contributed by atoms with Crippen LogP contribution in [0.5, 0.6) is 5.75 Å². The molecule has 1 amide bonds. The highest BCUT2D eigenvalue weighted by Gasteiger charge is 2.17. The van der Waals surface area contributed by atoms with Crippen molar-refractivity contribution < 1.29 is 14.5 Å². The van der Waals surface area contributed by atoms with Gasteiger partial charge >= 0.3 is 0 Å². The van der Waals surface area contributed by atoms with Gasteiger partial charge in [-0.05, 0) is 42.0 Å². The van der Waals surface area contributed by atoms with Crippen LogP contribution < -0.4 is 15.1 Å². The van der Waals surface area contributed by atoms with Gasteiger partial charge in [0, 0.05) is 36.5 Å². The van der Waals surface area contributed by atoms with Gasteiger partial charge < -0.3 is 9.64 Å². The van der Waals surface area contributed by atoms with E-state index >= 15 is 0 Å². The number of hydrogen-bond donors (Lipinski definition) is 1. The molecule has 0 aromatic heterocycles. The van der Waals surface area contributed by atoms with Crippen LogP contribution in [0.25, 0.3) is 0 Å². The number of carbonyl (C=O) groups excluding carboxylic acids is 1. The van der Waals surface area contributed by atoms with Crippen LogP contribution in [0.4, 0.5) is 11.4 Å². The van der Waals surface area contributed by atoms with Gasteiger partial charge in [-0.15, -0.1) is 0 Å². The Morgan fingerprint density at radius 3 is 2.30 bits per heavy atom. The van der Waals surface area contributed by atoms with Gasteiger partial charge in [0.1, 0.15) is 5.75 Å². The van der Waals surface area contributed by atoms with Crippen molar-refractivity contribution in [3.05, 3.63) is 63.7 Å². The van der Waals surface area contributed by atoms with Crippen LogP contribution in [0, 0.1) is 22.0 Å². The highest BCUT2D eigenvalue weighted by atomic mass is 16.6. The van der Waals surface area contributed by atoms with E-state index < -0.39 is 10.8 Å². The monoisotopic (exact) mass is 454 g/mol. The summed E-state index contributed by atoms with van der Waals surface area (Å²) in [6.45, 7) is 12.0. The maximum Gasteiger partial charge on any atom is 0.277 e. The van der Waals surface area contributed by atoms with Crippen molar-refractivity contribution in [3.8, 4) is 5.75 Å². The Balaban J connectivity index is 2.12. The number of carbonyl (C=O) groups is 1. The highest BCUT2D eigenvalue weighted by Crippen LogP contribution is 2.26. The number of hydrogen-bond acceptors (Lipinski definition) is 6. The number of amides is 1. The zero-order chi connectivity index (χ0) is 24.4. The molecule has 0 atom stereocenters. The molecule has 0 unspecified atom stereocenters. The van der Waals surface area contributed by atoms with E-state index in [0.29, 0.717) is 23.1 Å². The summed E-state index contributed by atoms with van der Waals surface area (Å²) in [5, 5.41) is 15.3. The van der Waals surface area contributed by atoms with Crippen LogP contribution >= 0.6 is 0 Å². The predicted molar refractivity (Wildman–Crippen MR) is 132 cm³/mol. The molecule has 0 radical (unpaired) electrons. The zero-order valence-corrected chi connectivity index (χ0v) is 20.1. The summed E-state index contributed by atoms with van der Waals surface area (Å²) in [5.74, 6) is 1.00. The number of nitrogens with zero attached hydrogens (tertiary/aromatic N) is 3. The predicted octanol–water partition coefficient (Wildman–Crippen LogP) is 4.80. The third kappa shape index (κ3) is 8.56. The third-order valence-electron chi connectivity index (χ3n) is 4.83. The number of nitro benzene ring substituents is 1. The molecule has 0 bridgehead atoms. The van der Waals surface area contributed by atoms with Gasteiger partial charge in [-0.1, -0.05) is 46.8 Å². The van der Waals surface area contributed by atoms with E-state index in [0.717, 1.165) is 25.2 Å². The second kappa shape index (κ2) is 12.6. The SMILES string of the molecule is CCc1ccc(OCC(=O)NN=Cc2cc([N+](=O)[O-])ccc2N(CC(C)C)CC(C)C)cc1. The van der Waals surface area contributed by atoms with Crippen LogP contribution in [-0.4, -0.2) is 36.7 Å². The number of anilines is 1. The molecule has 0 saturated carbocycles. The minimum atomic E-state index is -0.438. The molecule has 0 aliphatic rings. The number of nitrogens with one attached hydrogen (secondary N) is 1. The Bertz CT molecular complexity index is 945. The minimum Gasteiger partial charge on any atom is -0.484 e. The van der Waals surface area contributed by atoms with Crippen molar-refractivity contribution in [2.75, 3.05) is 24.6 Å². The fourth-order valence-electron chi connectivity index (χ4n) is 3.38. The summed E-state index contributed by atoms with van der Waals surface area (Å²) in [5.41, 5.74) is 5.01. The Labute approximate surface area is 195 Å². The number of hydrazone groups is 1. The lowest BCUT2D eigenvalue weighted by molar-refractivity contribution is -0.384. The van der Waals surface area contributed by atoms with Gasteiger partial charge in [-0.3, -0.25) is 14.9 Å². The Kier molecular flexibility index (Phi) is 9.84. The van der Waals surface area contributed by atoms with Gasteiger partial charge in [0.25, 0.3) is 11.6 Å². The Morgan fingerprint density at radius 1 is 1.12 bits per heavy atom. The first-order valence-corrected chi connectivity index (χ1v) is 11.3.